The summed E-state index contributed by atoms with van der Waals surface area (Å²) in [4.78, 5) is 36.9. The Balaban J connectivity index is 1.27. The molecule has 3 aromatic rings. The van der Waals surface area contributed by atoms with Crippen molar-refractivity contribution in [2.45, 2.75) is 0 Å². The zero-order valence-electron chi connectivity index (χ0n) is 15.9. The zero-order chi connectivity index (χ0) is 20.1. The molecule has 29 heavy (non-hydrogen) atoms. The lowest BCUT2D eigenvalue weighted by molar-refractivity contribution is -0.115. The van der Waals surface area contributed by atoms with Gasteiger partial charge in [0.2, 0.25) is 11.9 Å². The van der Waals surface area contributed by atoms with E-state index in [9.17, 15) is 9.59 Å². The molecule has 3 amide bonds. The SMILES string of the molecule is O=C(CNC(=O)N1CCN(c2ncccn2)CC1)Nc1cccc2ccccc12. The minimum absolute atomic E-state index is 0.0793. The molecule has 2 heterocycles. The molecule has 8 heteroatoms. The second-order valence-corrected chi connectivity index (χ2v) is 6.76. The Bertz CT molecular complexity index is 997. The normalized spacial score (nSPS) is 13.9. The molecule has 2 N–H and O–H groups in total. The van der Waals surface area contributed by atoms with Crippen LogP contribution in [0.1, 0.15) is 0 Å². The Kier molecular flexibility index (Phi) is 5.51. The maximum atomic E-state index is 12.4. The first-order chi connectivity index (χ1) is 14.2. The fourth-order valence-corrected chi connectivity index (χ4v) is 3.36. The lowest BCUT2D eigenvalue weighted by Crippen LogP contribution is -2.53. The molecule has 0 atom stereocenters. The van der Waals surface area contributed by atoms with Gasteiger partial charge in [0.1, 0.15) is 0 Å². The molecule has 1 aliphatic rings. The molecule has 0 unspecified atom stereocenters. The molecular formula is C21H22N6O2. The number of nitrogens with zero attached hydrogens (tertiary/aromatic N) is 4. The molecule has 0 spiro atoms. The van der Waals surface area contributed by atoms with Crippen molar-refractivity contribution in [3.63, 3.8) is 0 Å². The number of hydrogen-bond acceptors (Lipinski definition) is 5. The number of hydrogen-bond donors (Lipinski definition) is 2. The van der Waals surface area contributed by atoms with Gasteiger partial charge in [0, 0.05) is 49.6 Å². The standard InChI is InChI=1S/C21H22N6O2/c28-19(25-18-8-3-6-16-5-1-2-7-17(16)18)15-24-21(29)27-13-11-26(12-14-27)20-22-9-4-10-23-20/h1-10H,11-15H2,(H,24,29)(H,25,28). The van der Waals surface area contributed by atoms with Crippen LogP contribution in [0.2, 0.25) is 0 Å². The van der Waals surface area contributed by atoms with E-state index < -0.39 is 0 Å². The van der Waals surface area contributed by atoms with E-state index in [1.807, 2.05) is 47.4 Å². The molecule has 1 fully saturated rings. The number of rotatable bonds is 4. The number of fused-ring (bicyclic) bond motifs is 1. The van der Waals surface area contributed by atoms with Crippen molar-refractivity contribution >= 4 is 34.3 Å². The topological polar surface area (TPSA) is 90.5 Å². The first-order valence-corrected chi connectivity index (χ1v) is 9.53. The van der Waals surface area contributed by atoms with E-state index in [0.717, 1.165) is 16.5 Å². The third kappa shape index (κ3) is 4.43. The van der Waals surface area contributed by atoms with Gasteiger partial charge in [0.25, 0.3) is 0 Å². The van der Waals surface area contributed by atoms with E-state index in [1.165, 1.54) is 0 Å². The molecule has 8 nitrogen and oxygen atoms in total. The summed E-state index contributed by atoms with van der Waals surface area (Å²) < 4.78 is 0. The van der Waals surface area contributed by atoms with Crippen molar-refractivity contribution in [3.05, 3.63) is 60.9 Å². The zero-order valence-corrected chi connectivity index (χ0v) is 15.9. The third-order valence-electron chi connectivity index (χ3n) is 4.87. The molecule has 4 rings (SSSR count). The van der Waals surface area contributed by atoms with Gasteiger partial charge in [0.15, 0.2) is 0 Å². The molecule has 1 aromatic heterocycles. The van der Waals surface area contributed by atoms with Crippen LogP contribution in [0, 0.1) is 0 Å². The smallest absolute Gasteiger partial charge is 0.317 e. The van der Waals surface area contributed by atoms with Gasteiger partial charge in [-0.1, -0.05) is 36.4 Å². The maximum Gasteiger partial charge on any atom is 0.317 e. The number of anilines is 2. The van der Waals surface area contributed by atoms with Crippen molar-refractivity contribution in [2.24, 2.45) is 0 Å². The maximum absolute atomic E-state index is 12.4. The van der Waals surface area contributed by atoms with Crippen LogP contribution in [0.4, 0.5) is 16.4 Å². The highest BCUT2D eigenvalue weighted by Gasteiger charge is 2.22. The second kappa shape index (κ2) is 8.55. The highest BCUT2D eigenvalue weighted by atomic mass is 16.2. The fourth-order valence-electron chi connectivity index (χ4n) is 3.36. The van der Waals surface area contributed by atoms with Crippen LogP contribution in [0.25, 0.3) is 10.8 Å². The lowest BCUT2D eigenvalue weighted by Gasteiger charge is -2.34. The predicted octanol–water partition coefficient (Wildman–Crippen LogP) is 2.10. The second-order valence-electron chi connectivity index (χ2n) is 6.76. The van der Waals surface area contributed by atoms with Crippen LogP contribution >= 0.6 is 0 Å². The van der Waals surface area contributed by atoms with E-state index in [1.54, 1.807) is 23.4 Å². The summed E-state index contributed by atoms with van der Waals surface area (Å²) in [6.45, 7) is 2.33. The highest BCUT2D eigenvalue weighted by molar-refractivity contribution is 6.03. The Hall–Kier alpha value is -3.68. The van der Waals surface area contributed by atoms with Crippen LogP contribution in [-0.2, 0) is 4.79 Å². The van der Waals surface area contributed by atoms with Gasteiger partial charge in [0.05, 0.1) is 6.54 Å². The van der Waals surface area contributed by atoms with Gasteiger partial charge >= 0.3 is 6.03 Å². The van der Waals surface area contributed by atoms with E-state index in [4.69, 9.17) is 0 Å². The van der Waals surface area contributed by atoms with Gasteiger partial charge in [-0.3, -0.25) is 4.79 Å². The number of aromatic nitrogens is 2. The van der Waals surface area contributed by atoms with Crippen molar-refractivity contribution in [1.29, 1.82) is 0 Å². The molecule has 0 aliphatic carbocycles. The Morgan fingerprint density at radius 3 is 2.41 bits per heavy atom. The van der Waals surface area contributed by atoms with E-state index in [-0.39, 0.29) is 18.5 Å². The van der Waals surface area contributed by atoms with Crippen LogP contribution < -0.4 is 15.5 Å². The minimum Gasteiger partial charge on any atom is -0.337 e. The van der Waals surface area contributed by atoms with Crippen molar-refractivity contribution in [1.82, 2.24) is 20.2 Å². The summed E-state index contributed by atoms with van der Waals surface area (Å²) in [6, 6.07) is 15.1. The summed E-state index contributed by atoms with van der Waals surface area (Å²) in [5.41, 5.74) is 0.735. The number of nitrogens with one attached hydrogen (secondary N) is 2. The van der Waals surface area contributed by atoms with Gasteiger partial charge in [-0.2, -0.15) is 0 Å². The van der Waals surface area contributed by atoms with Gasteiger partial charge in [-0.05, 0) is 17.5 Å². The Morgan fingerprint density at radius 1 is 0.897 bits per heavy atom. The number of benzene rings is 2. The predicted molar refractivity (Wildman–Crippen MR) is 112 cm³/mol. The summed E-state index contributed by atoms with van der Waals surface area (Å²) in [5, 5.41) is 7.59. The highest BCUT2D eigenvalue weighted by Crippen LogP contribution is 2.22. The number of carbonyl (C=O) groups excluding carboxylic acids is 2. The molecule has 2 aromatic carbocycles. The molecule has 148 valence electrons. The van der Waals surface area contributed by atoms with Crippen molar-refractivity contribution < 1.29 is 9.59 Å². The third-order valence-corrected chi connectivity index (χ3v) is 4.87. The number of carbonyl (C=O) groups is 2. The molecule has 0 bridgehead atoms. The largest absolute Gasteiger partial charge is 0.337 e. The Morgan fingerprint density at radius 2 is 1.62 bits per heavy atom. The summed E-state index contributed by atoms with van der Waals surface area (Å²) in [6.07, 6.45) is 3.41. The van der Waals surface area contributed by atoms with Crippen LogP contribution in [0.5, 0.6) is 0 Å². The molecule has 1 aliphatic heterocycles. The number of urea groups is 1. The van der Waals surface area contributed by atoms with Gasteiger partial charge < -0.3 is 20.4 Å². The summed E-state index contributed by atoms with van der Waals surface area (Å²) in [5.74, 6) is 0.410. The van der Waals surface area contributed by atoms with Crippen LogP contribution in [0.15, 0.2) is 60.9 Å². The monoisotopic (exact) mass is 390 g/mol. The van der Waals surface area contributed by atoms with Crippen LogP contribution in [0.3, 0.4) is 0 Å². The van der Waals surface area contributed by atoms with E-state index >= 15 is 0 Å². The minimum atomic E-state index is -0.258. The lowest BCUT2D eigenvalue weighted by atomic mass is 10.1. The van der Waals surface area contributed by atoms with Crippen molar-refractivity contribution in [2.75, 3.05) is 42.9 Å². The Labute approximate surface area is 168 Å². The first kappa shape index (κ1) is 18.7. The molecule has 1 saturated heterocycles. The summed E-state index contributed by atoms with van der Waals surface area (Å²) in [7, 11) is 0. The van der Waals surface area contributed by atoms with Crippen molar-refractivity contribution in [3.8, 4) is 0 Å². The van der Waals surface area contributed by atoms with Crippen LogP contribution in [-0.4, -0.2) is 59.5 Å². The molecular weight excluding hydrogens is 368 g/mol. The van der Waals surface area contributed by atoms with Gasteiger partial charge in [-0.25, -0.2) is 14.8 Å². The number of piperazine rings is 1. The molecule has 0 saturated carbocycles. The van der Waals surface area contributed by atoms with E-state index in [2.05, 4.69) is 20.6 Å². The van der Waals surface area contributed by atoms with E-state index in [0.29, 0.717) is 32.1 Å². The van der Waals surface area contributed by atoms with Gasteiger partial charge in [-0.15, -0.1) is 0 Å². The summed E-state index contributed by atoms with van der Waals surface area (Å²) >= 11 is 0. The average molecular weight is 390 g/mol. The average Bonchev–Trinajstić information content (AvgIpc) is 2.78. The fraction of sp³-hybridized carbons (Fsp3) is 0.238. The number of amides is 3. The quantitative estimate of drug-likeness (QED) is 0.712. The first-order valence-electron chi connectivity index (χ1n) is 9.53. The molecule has 0 radical (unpaired) electrons.